The van der Waals surface area contributed by atoms with E-state index in [4.69, 9.17) is 4.74 Å². The van der Waals surface area contributed by atoms with E-state index in [0.717, 1.165) is 60.5 Å². The van der Waals surface area contributed by atoms with Crippen LogP contribution >= 0.6 is 0 Å². The molecule has 0 unspecified atom stereocenters. The van der Waals surface area contributed by atoms with Gasteiger partial charge in [0.25, 0.3) is 10.0 Å². The van der Waals surface area contributed by atoms with Gasteiger partial charge in [-0.25, -0.2) is 31.4 Å². The van der Waals surface area contributed by atoms with Crippen molar-refractivity contribution in [3.05, 3.63) is 34.5 Å². The van der Waals surface area contributed by atoms with Crippen molar-refractivity contribution in [1.29, 1.82) is 0 Å². The van der Waals surface area contributed by atoms with Crippen LogP contribution in [0.1, 0.15) is 35.1 Å². The summed E-state index contributed by atoms with van der Waals surface area (Å²) < 4.78 is 59.0. The lowest BCUT2D eigenvalue weighted by Gasteiger charge is -2.16. The van der Waals surface area contributed by atoms with Gasteiger partial charge in [-0.1, -0.05) is 6.07 Å². The molecule has 11 heteroatoms. The Morgan fingerprint density at radius 3 is 2.39 bits per heavy atom. The van der Waals surface area contributed by atoms with Gasteiger partial charge in [0, 0.05) is 5.69 Å². The number of urea groups is 1. The molecule has 2 aromatic rings. The van der Waals surface area contributed by atoms with E-state index in [-0.39, 0.29) is 12.4 Å². The van der Waals surface area contributed by atoms with Crippen LogP contribution in [0.4, 0.5) is 19.3 Å². The molecule has 1 aromatic heterocycles. The third kappa shape index (κ3) is 4.23. The number of amides is 2. The number of sulfonamides is 1. The first-order chi connectivity index (χ1) is 14.9. The van der Waals surface area contributed by atoms with Gasteiger partial charge in [0.15, 0.2) is 4.90 Å². The number of ether oxygens (including phenoxy) is 1. The Morgan fingerprint density at radius 2 is 1.77 bits per heavy atom. The van der Waals surface area contributed by atoms with Gasteiger partial charge >= 0.3 is 6.03 Å². The predicted molar refractivity (Wildman–Crippen MR) is 110 cm³/mol. The molecule has 4 rings (SSSR count). The van der Waals surface area contributed by atoms with E-state index in [1.807, 2.05) is 4.72 Å². The molecule has 2 aliphatic carbocycles. The van der Waals surface area contributed by atoms with Crippen molar-refractivity contribution < 1.29 is 26.7 Å². The third-order valence-electron chi connectivity index (χ3n) is 5.60. The monoisotopic (exact) mass is 454 g/mol. The topological polar surface area (TPSA) is 102 Å². The number of halogens is 2. The van der Waals surface area contributed by atoms with Crippen molar-refractivity contribution in [3.63, 3.8) is 0 Å². The fourth-order valence-electron chi connectivity index (χ4n) is 4.34. The number of carbonyl (C=O) groups excluding carboxylic acids is 1. The van der Waals surface area contributed by atoms with Crippen molar-refractivity contribution in [3.8, 4) is 5.88 Å². The zero-order valence-electron chi connectivity index (χ0n) is 16.9. The standard InChI is InChI=1S/C20H24F2N4O4S/c21-7-9-26-19(30-10-8-22)17(12-23-26)31(28,29)25-20(27)24-18-15-5-1-3-13(15)11-14-4-2-6-16(14)18/h11-12H,1-10H2,(H2,24,25,27). The highest BCUT2D eigenvalue weighted by atomic mass is 32.2. The van der Waals surface area contributed by atoms with Crippen LogP contribution in [0.3, 0.4) is 0 Å². The average molecular weight is 454 g/mol. The molecule has 0 saturated carbocycles. The lowest BCUT2D eigenvalue weighted by molar-refractivity contribution is 0.239. The van der Waals surface area contributed by atoms with Crippen molar-refractivity contribution in [2.24, 2.45) is 0 Å². The van der Waals surface area contributed by atoms with Crippen LogP contribution in [-0.2, 0) is 42.3 Å². The second-order valence-electron chi connectivity index (χ2n) is 7.56. The van der Waals surface area contributed by atoms with Crippen LogP contribution in [0.5, 0.6) is 5.88 Å². The number of nitrogens with one attached hydrogen (secondary N) is 2. The summed E-state index contributed by atoms with van der Waals surface area (Å²) >= 11 is 0. The molecule has 0 fully saturated rings. The molecule has 0 radical (unpaired) electrons. The highest BCUT2D eigenvalue weighted by molar-refractivity contribution is 7.90. The minimum Gasteiger partial charge on any atom is -0.474 e. The first kappa shape index (κ1) is 21.5. The van der Waals surface area contributed by atoms with Crippen LogP contribution in [0, 0.1) is 0 Å². The Morgan fingerprint density at radius 1 is 1.10 bits per heavy atom. The van der Waals surface area contributed by atoms with E-state index < -0.39 is 40.9 Å². The molecular formula is C20H24F2N4O4S. The van der Waals surface area contributed by atoms with E-state index in [1.165, 1.54) is 11.1 Å². The largest absolute Gasteiger partial charge is 0.474 e. The SMILES string of the molecule is O=C(Nc1c2c(cc3c1CCC3)CCC2)NS(=O)(=O)c1cnn(CCF)c1OCCF. The number of alkyl halides is 2. The highest BCUT2D eigenvalue weighted by Crippen LogP contribution is 2.38. The van der Waals surface area contributed by atoms with E-state index >= 15 is 0 Å². The Labute approximate surface area is 179 Å². The van der Waals surface area contributed by atoms with Crippen molar-refractivity contribution in [2.45, 2.75) is 50.0 Å². The number of nitrogens with zero attached hydrogens (tertiary/aromatic N) is 2. The summed E-state index contributed by atoms with van der Waals surface area (Å²) in [7, 11) is -4.38. The van der Waals surface area contributed by atoms with Crippen LogP contribution < -0.4 is 14.8 Å². The minimum atomic E-state index is -4.38. The molecule has 2 aliphatic rings. The molecule has 0 saturated heterocycles. The van der Waals surface area contributed by atoms with Crippen molar-refractivity contribution >= 4 is 21.7 Å². The van der Waals surface area contributed by atoms with Gasteiger partial charge in [0.1, 0.15) is 20.0 Å². The van der Waals surface area contributed by atoms with Gasteiger partial charge in [0.05, 0.1) is 12.7 Å². The van der Waals surface area contributed by atoms with Gasteiger partial charge < -0.3 is 10.1 Å². The summed E-state index contributed by atoms with van der Waals surface area (Å²) in [6.07, 6.45) is 6.51. The number of aryl methyl sites for hydroxylation is 3. The van der Waals surface area contributed by atoms with E-state index in [2.05, 4.69) is 16.5 Å². The molecule has 1 heterocycles. The number of fused-ring (bicyclic) bond motifs is 2. The molecule has 31 heavy (non-hydrogen) atoms. The molecule has 168 valence electrons. The van der Waals surface area contributed by atoms with Gasteiger partial charge in [-0.05, 0) is 60.8 Å². The average Bonchev–Trinajstić information content (AvgIpc) is 3.45. The number of aromatic nitrogens is 2. The molecule has 2 N–H and O–H groups in total. The van der Waals surface area contributed by atoms with Crippen LogP contribution in [0.2, 0.25) is 0 Å². The number of rotatable bonds is 8. The summed E-state index contributed by atoms with van der Waals surface area (Å²) in [5, 5.41) is 6.54. The second kappa shape index (κ2) is 8.81. The predicted octanol–water partition coefficient (Wildman–Crippen LogP) is 2.69. The first-order valence-electron chi connectivity index (χ1n) is 10.3. The number of hydrogen-bond donors (Lipinski definition) is 2. The van der Waals surface area contributed by atoms with E-state index in [0.29, 0.717) is 5.69 Å². The van der Waals surface area contributed by atoms with Crippen LogP contribution in [0.25, 0.3) is 0 Å². The minimum absolute atomic E-state index is 0.258. The molecule has 2 amide bonds. The Balaban J connectivity index is 1.57. The molecule has 0 aliphatic heterocycles. The molecular weight excluding hydrogens is 430 g/mol. The van der Waals surface area contributed by atoms with Gasteiger partial charge in [0.2, 0.25) is 5.88 Å². The summed E-state index contributed by atoms with van der Waals surface area (Å²) in [6.45, 7) is -2.36. The lowest BCUT2D eigenvalue weighted by atomic mass is 9.99. The third-order valence-corrected chi connectivity index (χ3v) is 6.91. The van der Waals surface area contributed by atoms with Crippen molar-refractivity contribution in [2.75, 3.05) is 25.3 Å². The number of benzene rings is 1. The maximum atomic E-state index is 12.8. The lowest BCUT2D eigenvalue weighted by Crippen LogP contribution is -2.35. The smallest absolute Gasteiger partial charge is 0.333 e. The van der Waals surface area contributed by atoms with Crippen molar-refractivity contribution in [1.82, 2.24) is 14.5 Å². The first-order valence-corrected chi connectivity index (χ1v) is 11.7. The number of anilines is 1. The summed E-state index contributed by atoms with van der Waals surface area (Å²) in [5.41, 5.74) is 5.24. The summed E-state index contributed by atoms with van der Waals surface area (Å²) in [5.74, 6) is -0.308. The summed E-state index contributed by atoms with van der Waals surface area (Å²) in [6, 6.07) is 1.31. The van der Waals surface area contributed by atoms with Gasteiger partial charge in [-0.3, -0.25) is 0 Å². The molecule has 1 aromatic carbocycles. The van der Waals surface area contributed by atoms with Crippen LogP contribution in [-0.4, -0.2) is 44.2 Å². The molecule has 8 nitrogen and oxygen atoms in total. The Bertz CT molecular complexity index is 1070. The number of hydrogen-bond acceptors (Lipinski definition) is 5. The zero-order chi connectivity index (χ0) is 22.0. The molecule has 0 bridgehead atoms. The van der Waals surface area contributed by atoms with Gasteiger partial charge in [-0.2, -0.15) is 5.10 Å². The maximum Gasteiger partial charge on any atom is 0.333 e. The van der Waals surface area contributed by atoms with E-state index in [1.54, 1.807) is 0 Å². The second-order valence-corrected chi connectivity index (χ2v) is 9.21. The number of carbonyl (C=O) groups is 1. The Kier molecular flexibility index (Phi) is 6.12. The maximum absolute atomic E-state index is 12.8. The zero-order valence-corrected chi connectivity index (χ0v) is 17.7. The van der Waals surface area contributed by atoms with Gasteiger partial charge in [-0.15, -0.1) is 0 Å². The van der Waals surface area contributed by atoms with Crippen LogP contribution in [0.15, 0.2) is 17.2 Å². The Hall–Kier alpha value is -2.69. The fraction of sp³-hybridized carbons (Fsp3) is 0.500. The molecule has 0 spiro atoms. The normalized spacial score (nSPS) is 14.9. The molecule has 0 atom stereocenters. The fourth-order valence-corrected chi connectivity index (χ4v) is 5.33. The van der Waals surface area contributed by atoms with E-state index in [9.17, 15) is 22.0 Å². The highest BCUT2D eigenvalue weighted by Gasteiger charge is 2.29. The quantitative estimate of drug-likeness (QED) is 0.639. The summed E-state index contributed by atoms with van der Waals surface area (Å²) in [4.78, 5) is 12.2.